The van der Waals surface area contributed by atoms with Crippen molar-refractivity contribution < 1.29 is 38.4 Å². The summed E-state index contributed by atoms with van der Waals surface area (Å²) in [4.78, 5) is 96.1. The molecule has 14 nitrogen and oxygen atoms in total. The molecule has 2 aliphatic rings. The number of anilines is 2. The van der Waals surface area contributed by atoms with Crippen molar-refractivity contribution in [2.24, 2.45) is 0 Å². The van der Waals surface area contributed by atoms with Crippen LogP contribution in [0.3, 0.4) is 0 Å². The highest BCUT2D eigenvalue weighted by molar-refractivity contribution is 6.49. The molecule has 2 saturated heterocycles. The van der Waals surface area contributed by atoms with Crippen molar-refractivity contribution in [1.82, 2.24) is 21.3 Å². The maximum absolute atomic E-state index is 12.6. The molecule has 2 aromatic rings. The Balaban J connectivity index is 1.51. The van der Waals surface area contributed by atoms with E-state index in [1.165, 1.54) is 0 Å². The van der Waals surface area contributed by atoms with Gasteiger partial charge < -0.3 is 21.3 Å². The van der Waals surface area contributed by atoms with Crippen molar-refractivity contribution in [3.63, 3.8) is 0 Å². The monoisotopic (exact) mass is 630 g/mol. The Bertz CT molecular complexity index is 1510. The number of aryl methyl sites for hydroxylation is 2. The van der Waals surface area contributed by atoms with E-state index in [0.717, 1.165) is 11.1 Å². The number of halogens is 2. The molecule has 16 heteroatoms. The summed E-state index contributed by atoms with van der Waals surface area (Å²) >= 11 is 13.0. The Kier molecular flexibility index (Phi) is 9.11. The van der Waals surface area contributed by atoms with Gasteiger partial charge in [-0.3, -0.25) is 39.4 Å². The second-order valence-electron chi connectivity index (χ2n) is 9.54. The highest BCUT2D eigenvalue weighted by Crippen LogP contribution is 2.33. The van der Waals surface area contributed by atoms with E-state index in [0.29, 0.717) is 30.4 Å². The van der Waals surface area contributed by atoms with Gasteiger partial charge in [-0.15, -0.1) is 0 Å². The average molecular weight is 631 g/mol. The number of hydrogen-bond donors (Lipinski definition) is 6. The molecule has 2 heterocycles. The second-order valence-corrected chi connectivity index (χ2v) is 10.4. The van der Waals surface area contributed by atoms with Crippen LogP contribution in [0.1, 0.15) is 36.1 Å². The van der Waals surface area contributed by atoms with E-state index in [-0.39, 0.29) is 21.4 Å². The summed E-state index contributed by atoms with van der Waals surface area (Å²) in [6, 6.07) is 1.67. The highest BCUT2D eigenvalue weighted by Gasteiger charge is 2.40. The van der Waals surface area contributed by atoms with Crippen molar-refractivity contribution in [2.75, 3.05) is 10.6 Å². The topological polar surface area (TPSA) is 209 Å². The number of carbonyl (C=O) groups excluding carboxylic acids is 8. The SMILES string of the molecule is CCc1cc(Cc2cc(Cl)c(NC(=O)C(=O)[C@@H]3NC(=O)NC3=O)c(CC)c2)cc(Cl)c1NC(=O)C(=O)[C@@H]1NC(=O)NC1=O. The number of imide groups is 2. The van der Waals surface area contributed by atoms with Crippen molar-refractivity contribution >= 4 is 81.8 Å². The molecule has 2 atom stereocenters. The van der Waals surface area contributed by atoms with Crippen LogP contribution in [0.2, 0.25) is 10.0 Å². The number of carbonyl (C=O) groups is 8. The van der Waals surface area contributed by atoms with E-state index < -0.39 is 59.3 Å². The Hall–Kier alpha value is -4.82. The molecule has 224 valence electrons. The second kappa shape index (κ2) is 12.6. The van der Waals surface area contributed by atoms with Gasteiger partial charge in [0.15, 0.2) is 12.1 Å². The van der Waals surface area contributed by atoms with Crippen molar-refractivity contribution in [1.29, 1.82) is 0 Å². The van der Waals surface area contributed by atoms with Gasteiger partial charge in [0.25, 0.3) is 35.2 Å². The van der Waals surface area contributed by atoms with Gasteiger partial charge in [0.2, 0.25) is 0 Å². The van der Waals surface area contributed by atoms with Crippen molar-refractivity contribution in [3.8, 4) is 0 Å². The lowest BCUT2D eigenvalue weighted by Crippen LogP contribution is -2.44. The number of hydrogen-bond acceptors (Lipinski definition) is 8. The first-order chi connectivity index (χ1) is 20.3. The van der Waals surface area contributed by atoms with Crippen LogP contribution in [-0.4, -0.2) is 59.3 Å². The molecule has 0 spiro atoms. The molecule has 2 fully saturated rings. The van der Waals surface area contributed by atoms with Crippen LogP contribution < -0.4 is 31.9 Å². The van der Waals surface area contributed by atoms with Gasteiger partial charge in [-0.05, 0) is 53.6 Å². The first-order valence-electron chi connectivity index (χ1n) is 12.9. The number of nitrogens with one attached hydrogen (secondary N) is 6. The van der Waals surface area contributed by atoms with E-state index in [1.54, 1.807) is 24.3 Å². The number of rotatable bonds is 10. The summed E-state index contributed by atoms with van der Waals surface area (Å²) in [5.41, 5.74) is 2.99. The van der Waals surface area contributed by atoms with Gasteiger partial charge in [-0.1, -0.05) is 49.2 Å². The van der Waals surface area contributed by atoms with Gasteiger partial charge in [-0.2, -0.15) is 0 Å². The number of amides is 8. The van der Waals surface area contributed by atoms with Crippen molar-refractivity contribution in [3.05, 3.63) is 56.6 Å². The molecule has 0 saturated carbocycles. The molecule has 0 aliphatic carbocycles. The maximum atomic E-state index is 12.6. The number of benzene rings is 2. The summed E-state index contributed by atoms with van der Waals surface area (Å²) in [5, 5.41) is 13.0. The predicted octanol–water partition coefficient (Wildman–Crippen LogP) is 1.14. The lowest BCUT2D eigenvalue weighted by molar-refractivity contribution is -0.138. The number of Topliss-reactive ketones (excluding diaryl/α,β-unsaturated/α-hetero) is 2. The van der Waals surface area contributed by atoms with E-state index in [9.17, 15) is 38.4 Å². The lowest BCUT2D eigenvalue weighted by atomic mass is 9.97. The van der Waals surface area contributed by atoms with Gasteiger partial charge in [0.1, 0.15) is 0 Å². The summed E-state index contributed by atoms with van der Waals surface area (Å²) in [6.07, 6.45) is 1.15. The van der Waals surface area contributed by atoms with Crippen LogP contribution in [0.25, 0.3) is 0 Å². The summed E-state index contributed by atoms with van der Waals surface area (Å²) in [7, 11) is 0. The zero-order valence-corrected chi connectivity index (χ0v) is 24.1. The third-order valence-corrected chi connectivity index (χ3v) is 7.23. The molecule has 0 aromatic heterocycles. The molecule has 43 heavy (non-hydrogen) atoms. The molecule has 4 rings (SSSR count). The Morgan fingerprint density at radius 1 is 0.674 bits per heavy atom. The van der Waals surface area contributed by atoms with E-state index in [1.807, 2.05) is 24.5 Å². The molecule has 0 bridgehead atoms. The molecule has 2 aromatic carbocycles. The maximum Gasteiger partial charge on any atom is 0.322 e. The van der Waals surface area contributed by atoms with E-state index in [2.05, 4.69) is 21.3 Å². The van der Waals surface area contributed by atoms with E-state index >= 15 is 0 Å². The molecule has 0 radical (unpaired) electrons. The quantitative estimate of drug-likeness (QED) is 0.127. The molecule has 6 N–H and O–H groups in total. The zero-order valence-electron chi connectivity index (χ0n) is 22.6. The largest absolute Gasteiger partial charge is 0.322 e. The normalized spacial score (nSPS) is 17.5. The van der Waals surface area contributed by atoms with Crippen LogP contribution in [0.15, 0.2) is 24.3 Å². The minimum absolute atomic E-state index is 0.127. The van der Waals surface area contributed by atoms with Crippen LogP contribution in [0.4, 0.5) is 21.0 Å². The fraction of sp³-hybridized carbons (Fsp3) is 0.259. The van der Waals surface area contributed by atoms with Crippen LogP contribution >= 0.6 is 23.2 Å². The molecule has 8 amide bonds. The first-order valence-corrected chi connectivity index (χ1v) is 13.6. The minimum Gasteiger partial charge on any atom is -0.319 e. The van der Waals surface area contributed by atoms with Crippen molar-refractivity contribution in [2.45, 2.75) is 45.2 Å². The summed E-state index contributed by atoms with van der Waals surface area (Å²) in [5.74, 6) is -6.43. The van der Waals surface area contributed by atoms with Gasteiger partial charge >= 0.3 is 12.1 Å². The van der Waals surface area contributed by atoms with Gasteiger partial charge in [-0.25, -0.2) is 9.59 Å². The number of urea groups is 2. The Morgan fingerprint density at radius 2 is 1.05 bits per heavy atom. The first kappa shape index (κ1) is 31.1. The van der Waals surface area contributed by atoms with Gasteiger partial charge in [0, 0.05) is 0 Å². The third-order valence-electron chi connectivity index (χ3n) is 6.63. The predicted molar refractivity (Wildman–Crippen MR) is 153 cm³/mol. The molecule has 2 aliphatic heterocycles. The highest BCUT2D eigenvalue weighted by atomic mass is 35.5. The van der Waals surface area contributed by atoms with Crippen LogP contribution in [0, 0.1) is 0 Å². The van der Waals surface area contributed by atoms with Crippen LogP contribution in [-0.2, 0) is 48.0 Å². The molecular weight excluding hydrogens is 607 g/mol. The van der Waals surface area contributed by atoms with Crippen LogP contribution in [0.5, 0.6) is 0 Å². The summed E-state index contributed by atoms with van der Waals surface area (Å²) in [6.45, 7) is 3.62. The van der Waals surface area contributed by atoms with E-state index in [4.69, 9.17) is 23.2 Å². The fourth-order valence-corrected chi connectivity index (χ4v) is 5.16. The standard InChI is InChI=1S/C27H24Cl2N6O8/c1-3-12-6-10(8-14(28)16(12)30-24(40)20(36)18-22(38)34-26(42)32-18)5-11-7-13(4-2)17(15(29)9-11)31-25(41)21(37)19-23(39)35-27(43)33-19/h6-9,18-19H,3-5H2,1-2H3,(H,30,40)(H,31,41)(H2,32,34,38,42)(H2,33,35,39,43)/t18-,19-/m0/s1. The average Bonchev–Trinajstić information content (AvgIpc) is 3.48. The zero-order chi connectivity index (χ0) is 31.6. The molecular formula is C27H24Cl2N6O8. The minimum atomic E-state index is -1.64. The summed E-state index contributed by atoms with van der Waals surface area (Å²) < 4.78 is 0. The smallest absolute Gasteiger partial charge is 0.319 e. The third kappa shape index (κ3) is 6.65. The Labute approximate surface area is 253 Å². The fourth-order valence-electron chi connectivity index (χ4n) is 4.54. The lowest BCUT2D eigenvalue weighted by Gasteiger charge is -2.17. The molecule has 0 unspecified atom stereocenters. The Morgan fingerprint density at radius 3 is 1.35 bits per heavy atom. The number of ketones is 2. The van der Waals surface area contributed by atoms with Gasteiger partial charge in [0.05, 0.1) is 21.4 Å².